The molecule has 0 saturated heterocycles. The van der Waals surface area contributed by atoms with Crippen LogP contribution in [0.1, 0.15) is 25.7 Å². The van der Waals surface area contributed by atoms with Crippen molar-refractivity contribution >= 4 is 18.3 Å². The molecule has 1 heterocycles. The van der Waals surface area contributed by atoms with Crippen LogP contribution in [0.25, 0.3) is 0 Å². The maximum Gasteiger partial charge on any atom is 0.229 e. The minimum Gasteiger partial charge on any atom is -0.486 e. The van der Waals surface area contributed by atoms with Gasteiger partial charge in [-0.25, -0.2) is 0 Å². The third-order valence-electron chi connectivity index (χ3n) is 4.80. The molecular formula is C17H25ClN2O3. The molecule has 2 aliphatic rings. The average Bonchev–Trinajstić information content (AvgIpc) is 3.04. The molecule has 1 unspecified atom stereocenters. The van der Waals surface area contributed by atoms with Gasteiger partial charge in [-0.2, -0.15) is 0 Å². The van der Waals surface area contributed by atoms with Crippen LogP contribution in [0.2, 0.25) is 0 Å². The highest BCUT2D eigenvalue weighted by Crippen LogP contribution is 2.39. The van der Waals surface area contributed by atoms with Crippen LogP contribution in [0.4, 0.5) is 0 Å². The van der Waals surface area contributed by atoms with Gasteiger partial charge in [0, 0.05) is 13.6 Å². The lowest BCUT2D eigenvalue weighted by Gasteiger charge is -2.34. The van der Waals surface area contributed by atoms with E-state index in [4.69, 9.17) is 15.2 Å². The molecule has 1 aromatic rings. The Morgan fingerprint density at radius 1 is 1.30 bits per heavy atom. The lowest BCUT2D eigenvalue weighted by atomic mass is 9.84. The molecule has 6 heteroatoms. The molecule has 0 radical (unpaired) electrons. The van der Waals surface area contributed by atoms with Gasteiger partial charge in [0.2, 0.25) is 5.91 Å². The highest BCUT2D eigenvalue weighted by atomic mass is 35.5. The molecule has 3 rings (SSSR count). The van der Waals surface area contributed by atoms with Crippen molar-refractivity contribution in [1.29, 1.82) is 0 Å². The van der Waals surface area contributed by atoms with Crippen molar-refractivity contribution in [2.24, 2.45) is 11.1 Å². The molecule has 1 aliphatic carbocycles. The van der Waals surface area contributed by atoms with Gasteiger partial charge in [-0.1, -0.05) is 25.0 Å². The number of carbonyl (C=O) groups excluding carboxylic acids is 1. The Morgan fingerprint density at radius 2 is 1.96 bits per heavy atom. The van der Waals surface area contributed by atoms with E-state index in [9.17, 15) is 4.79 Å². The van der Waals surface area contributed by atoms with E-state index in [-0.39, 0.29) is 29.8 Å². The second-order valence-electron chi connectivity index (χ2n) is 6.37. The third kappa shape index (κ3) is 3.56. The molecule has 23 heavy (non-hydrogen) atoms. The molecule has 0 aromatic heterocycles. The summed E-state index contributed by atoms with van der Waals surface area (Å²) < 4.78 is 11.6. The van der Waals surface area contributed by atoms with Gasteiger partial charge < -0.3 is 20.1 Å². The fourth-order valence-electron chi connectivity index (χ4n) is 3.50. The van der Waals surface area contributed by atoms with Crippen molar-refractivity contribution in [2.45, 2.75) is 31.8 Å². The first-order valence-electron chi connectivity index (χ1n) is 7.99. The quantitative estimate of drug-likeness (QED) is 0.912. The summed E-state index contributed by atoms with van der Waals surface area (Å²) in [6.07, 6.45) is 3.84. The summed E-state index contributed by atoms with van der Waals surface area (Å²) in [4.78, 5) is 14.5. The molecule has 1 fully saturated rings. The normalized spacial score (nSPS) is 21.4. The Bertz CT molecular complexity index is 546. The van der Waals surface area contributed by atoms with Crippen molar-refractivity contribution in [3.05, 3.63) is 24.3 Å². The first kappa shape index (κ1) is 17.9. The third-order valence-corrected chi connectivity index (χ3v) is 4.80. The number of nitrogens with two attached hydrogens (primary N) is 1. The number of ether oxygens (including phenoxy) is 2. The minimum absolute atomic E-state index is 0. The lowest BCUT2D eigenvalue weighted by molar-refractivity contribution is -0.141. The number of halogens is 1. The smallest absolute Gasteiger partial charge is 0.229 e. The summed E-state index contributed by atoms with van der Waals surface area (Å²) in [7, 11) is 1.84. The number of likely N-dealkylation sites (N-methyl/N-ethyl adjacent to an activating group) is 1. The number of nitrogens with zero attached hydrogens (tertiary/aromatic N) is 1. The van der Waals surface area contributed by atoms with Gasteiger partial charge in [-0.05, 0) is 25.0 Å². The predicted molar refractivity (Wildman–Crippen MR) is 91.2 cm³/mol. The van der Waals surface area contributed by atoms with E-state index in [2.05, 4.69) is 0 Å². The van der Waals surface area contributed by atoms with Gasteiger partial charge >= 0.3 is 0 Å². The Kier molecular flexibility index (Phi) is 5.76. The van der Waals surface area contributed by atoms with E-state index >= 15 is 0 Å². The highest BCUT2D eigenvalue weighted by molar-refractivity contribution is 5.85. The highest BCUT2D eigenvalue weighted by Gasteiger charge is 2.42. The van der Waals surface area contributed by atoms with Crippen LogP contribution in [0, 0.1) is 5.41 Å². The molecule has 1 atom stereocenters. The van der Waals surface area contributed by atoms with Crippen molar-refractivity contribution in [2.75, 3.05) is 26.7 Å². The number of amides is 1. The average molecular weight is 341 g/mol. The molecular weight excluding hydrogens is 316 g/mol. The summed E-state index contributed by atoms with van der Waals surface area (Å²) >= 11 is 0. The standard InChI is InChI=1S/C17H24N2O3.ClH/c1-19(16(20)17(12-18)8-4-5-9-17)10-13-11-21-14-6-2-3-7-15(14)22-13;/h2-3,6-7,13H,4-5,8-12,18H2,1H3;1H. The van der Waals surface area contributed by atoms with Crippen LogP contribution in [0.3, 0.4) is 0 Å². The van der Waals surface area contributed by atoms with E-state index in [1.807, 2.05) is 31.3 Å². The Balaban J connectivity index is 0.00000192. The van der Waals surface area contributed by atoms with E-state index in [1.54, 1.807) is 4.90 Å². The largest absolute Gasteiger partial charge is 0.486 e. The fourth-order valence-corrected chi connectivity index (χ4v) is 3.50. The molecule has 1 amide bonds. The number of fused-ring (bicyclic) bond motifs is 1. The maximum atomic E-state index is 12.8. The van der Waals surface area contributed by atoms with Crippen LogP contribution in [-0.4, -0.2) is 43.7 Å². The van der Waals surface area contributed by atoms with Gasteiger partial charge in [0.05, 0.1) is 12.0 Å². The Labute approximate surface area is 143 Å². The molecule has 128 valence electrons. The number of rotatable bonds is 4. The van der Waals surface area contributed by atoms with Crippen molar-refractivity contribution in [3.8, 4) is 11.5 Å². The van der Waals surface area contributed by atoms with Crippen molar-refractivity contribution in [3.63, 3.8) is 0 Å². The summed E-state index contributed by atoms with van der Waals surface area (Å²) in [6.45, 7) is 1.42. The number of benzene rings is 1. The van der Waals surface area contributed by atoms with E-state index in [0.29, 0.717) is 19.7 Å². The second kappa shape index (κ2) is 7.41. The van der Waals surface area contributed by atoms with Crippen LogP contribution < -0.4 is 15.2 Å². The molecule has 5 nitrogen and oxygen atoms in total. The number of hydrogen-bond acceptors (Lipinski definition) is 4. The predicted octanol–water partition coefficient (Wildman–Crippen LogP) is 2.23. The molecule has 1 aliphatic heterocycles. The zero-order valence-electron chi connectivity index (χ0n) is 13.5. The fraction of sp³-hybridized carbons (Fsp3) is 0.588. The van der Waals surface area contributed by atoms with Crippen molar-refractivity contribution < 1.29 is 14.3 Å². The van der Waals surface area contributed by atoms with E-state index < -0.39 is 0 Å². The summed E-state index contributed by atoms with van der Waals surface area (Å²) in [5.41, 5.74) is 5.54. The topological polar surface area (TPSA) is 64.8 Å². The van der Waals surface area contributed by atoms with Crippen LogP contribution in [0.15, 0.2) is 24.3 Å². The SMILES string of the molecule is CN(CC1COc2ccccc2O1)C(=O)C1(CN)CCCC1.Cl. The van der Waals surface area contributed by atoms with Crippen LogP contribution in [-0.2, 0) is 4.79 Å². The van der Waals surface area contributed by atoms with Gasteiger partial charge in [0.15, 0.2) is 17.6 Å². The Hall–Kier alpha value is -1.46. The monoisotopic (exact) mass is 340 g/mol. The van der Waals surface area contributed by atoms with Gasteiger partial charge in [-0.3, -0.25) is 4.79 Å². The van der Waals surface area contributed by atoms with Gasteiger partial charge in [0.25, 0.3) is 0 Å². The minimum atomic E-state index is -0.359. The number of para-hydroxylation sites is 2. The summed E-state index contributed by atoms with van der Waals surface area (Å²) in [5.74, 6) is 1.66. The van der Waals surface area contributed by atoms with Gasteiger partial charge in [-0.15, -0.1) is 12.4 Å². The second-order valence-corrected chi connectivity index (χ2v) is 6.37. The van der Waals surface area contributed by atoms with E-state index in [0.717, 1.165) is 37.2 Å². The zero-order chi connectivity index (χ0) is 15.6. The van der Waals surface area contributed by atoms with Gasteiger partial charge in [0.1, 0.15) is 6.61 Å². The summed E-state index contributed by atoms with van der Waals surface area (Å²) in [5, 5.41) is 0. The molecule has 0 spiro atoms. The number of carbonyl (C=O) groups is 1. The first-order chi connectivity index (χ1) is 10.6. The van der Waals surface area contributed by atoms with Crippen LogP contribution >= 0.6 is 12.4 Å². The van der Waals surface area contributed by atoms with E-state index in [1.165, 1.54) is 0 Å². The molecule has 2 N–H and O–H groups in total. The molecule has 1 saturated carbocycles. The van der Waals surface area contributed by atoms with Crippen molar-refractivity contribution in [1.82, 2.24) is 4.90 Å². The molecule has 0 bridgehead atoms. The maximum absolute atomic E-state index is 12.8. The zero-order valence-corrected chi connectivity index (χ0v) is 14.3. The number of hydrogen-bond donors (Lipinski definition) is 1. The lowest BCUT2D eigenvalue weighted by Crippen LogP contribution is -2.49. The Morgan fingerprint density at radius 3 is 2.61 bits per heavy atom. The first-order valence-corrected chi connectivity index (χ1v) is 7.99. The van der Waals surface area contributed by atoms with Crippen LogP contribution in [0.5, 0.6) is 11.5 Å². The summed E-state index contributed by atoms with van der Waals surface area (Å²) in [6, 6.07) is 7.62. The molecule has 1 aromatic carbocycles.